The monoisotopic (exact) mass is 480 g/mol. The Labute approximate surface area is 191 Å². The normalized spacial score (nSPS) is 15.7. The van der Waals surface area contributed by atoms with Crippen molar-refractivity contribution in [3.05, 3.63) is 64.7 Å². The van der Waals surface area contributed by atoms with Crippen molar-refractivity contribution in [2.24, 2.45) is 5.73 Å². The van der Waals surface area contributed by atoms with E-state index in [0.29, 0.717) is 36.9 Å². The van der Waals surface area contributed by atoms with Gasteiger partial charge in [0.05, 0.1) is 30.6 Å². The number of hydrogen-bond acceptors (Lipinski definition) is 5. The maximum atomic E-state index is 12.7. The molecule has 32 heavy (non-hydrogen) atoms. The molecule has 1 heterocycles. The summed E-state index contributed by atoms with van der Waals surface area (Å²) < 4.78 is 32.0. The van der Waals surface area contributed by atoms with Crippen LogP contribution in [-0.4, -0.2) is 51.0 Å². The zero-order valence-electron chi connectivity index (χ0n) is 17.3. The fraction of sp³-hybridized carbons (Fsp3) is 0.333. The van der Waals surface area contributed by atoms with Crippen LogP contribution in [0, 0.1) is 0 Å². The number of hydrogen-bond donors (Lipinski definition) is 3. The van der Waals surface area contributed by atoms with Gasteiger partial charge in [0.15, 0.2) is 0 Å². The van der Waals surface area contributed by atoms with Crippen LogP contribution in [0.4, 0.5) is 4.79 Å². The highest BCUT2D eigenvalue weighted by Gasteiger charge is 2.26. The summed E-state index contributed by atoms with van der Waals surface area (Å²) in [4.78, 5) is 24.0. The van der Waals surface area contributed by atoms with E-state index < -0.39 is 22.1 Å². The van der Waals surface area contributed by atoms with Gasteiger partial charge >= 0.3 is 6.03 Å². The number of morpholine rings is 1. The van der Waals surface area contributed by atoms with Crippen LogP contribution in [0.15, 0.2) is 53.4 Å². The van der Waals surface area contributed by atoms with E-state index in [1.165, 1.54) is 16.4 Å². The first-order chi connectivity index (χ1) is 15.3. The molecule has 0 radical (unpaired) electrons. The standard InChI is InChI=1S/C21H25ClN4O5S/c22-18-4-2-1-3-17(18)19(25-21(23)28)13-20(27)24-14-15-5-7-16(8-6-15)32(29,30)26-9-11-31-12-10-26/h1-8,19H,9-14H2,(H,24,27)(H3,23,25,28)/t19-/m0/s1. The molecule has 0 bridgehead atoms. The average Bonchev–Trinajstić information content (AvgIpc) is 2.78. The molecule has 1 aliphatic rings. The topological polar surface area (TPSA) is 131 Å². The fourth-order valence-electron chi connectivity index (χ4n) is 3.34. The maximum absolute atomic E-state index is 12.7. The molecule has 9 nitrogen and oxygen atoms in total. The number of carbonyl (C=O) groups excluding carboxylic acids is 2. The fourth-order valence-corrected chi connectivity index (χ4v) is 5.02. The van der Waals surface area contributed by atoms with Crippen molar-refractivity contribution in [3.63, 3.8) is 0 Å². The van der Waals surface area contributed by atoms with E-state index in [9.17, 15) is 18.0 Å². The van der Waals surface area contributed by atoms with Crippen LogP contribution in [0.2, 0.25) is 5.02 Å². The molecule has 2 aromatic carbocycles. The third-order valence-electron chi connectivity index (χ3n) is 5.01. The van der Waals surface area contributed by atoms with Crippen molar-refractivity contribution >= 4 is 33.6 Å². The van der Waals surface area contributed by atoms with Gasteiger partial charge in [-0.05, 0) is 29.3 Å². The number of carbonyl (C=O) groups is 2. The van der Waals surface area contributed by atoms with Crippen LogP contribution >= 0.6 is 11.6 Å². The molecule has 0 saturated carbocycles. The quantitative estimate of drug-likeness (QED) is 0.530. The summed E-state index contributed by atoms with van der Waals surface area (Å²) in [5.41, 5.74) is 6.56. The number of halogens is 1. The van der Waals surface area contributed by atoms with Crippen molar-refractivity contribution in [3.8, 4) is 0 Å². The number of benzene rings is 2. The minimum absolute atomic E-state index is 0.0594. The minimum Gasteiger partial charge on any atom is -0.379 e. The zero-order chi connectivity index (χ0) is 23.1. The third-order valence-corrected chi connectivity index (χ3v) is 7.26. The first-order valence-electron chi connectivity index (χ1n) is 10.0. The summed E-state index contributed by atoms with van der Waals surface area (Å²) in [7, 11) is -3.57. The Balaban J connectivity index is 1.60. The SMILES string of the molecule is NC(=O)N[C@@H](CC(=O)NCc1ccc(S(=O)(=O)N2CCOCC2)cc1)c1ccccc1Cl. The molecule has 0 aliphatic carbocycles. The summed E-state index contributed by atoms with van der Waals surface area (Å²) in [6.45, 7) is 1.60. The summed E-state index contributed by atoms with van der Waals surface area (Å²) in [5.74, 6) is -0.325. The second-order valence-corrected chi connectivity index (χ2v) is 9.57. The van der Waals surface area contributed by atoms with Crippen LogP contribution in [-0.2, 0) is 26.1 Å². The number of ether oxygens (including phenoxy) is 1. The highest BCUT2D eigenvalue weighted by atomic mass is 35.5. The number of nitrogens with one attached hydrogen (secondary N) is 2. The molecule has 0 unspecified atom stereocenters. The molecule has 1 aliphatic heterocycles. The van der Waals surface area contributed by atoms with E-state index in [1.807, 2.05) is 0 Å². The Morgan fingerprint density at radius 1 is 1.09 bits per heavy atom. The zero-order valence-corrected chi connectivity index (χ0v) is 18.9. The maximum Gasteiger partial charge on any atom is 0.312 e. The molecule has 1 fully saturated rings. The molecule has 4 N–H and O–H groups in total. The van der Waals surface area contributed by atoms with E-state index in [1.54, 1.807) is 36.4 Å². The lowest BCUT2D eigenvalue weighted by molar-refractivity contribution is -0.121. The van der Waals surface area contributed by atoms with Gasteiger partial charge in [-0.2, -0.15) is 4.31 Å². The molecule has 1 saturated heterocycles. The molecule has 1 atom stereocenters. The van der Waals surface area contributed by atoms with E-state index >= 15 is 0 Å². The first kappa shape index (κ1) is 24.0. The lowest BCUT2D eigenvalue weighted by Crippen LogP contribution is -2.40. The molecule has 3 amide bonds. The number of sulfonamides is 1. The highest BCUT2D eigenvalue weighted by molar-refractivity contribution is 7.89. The molecular weight excluding hydrogens is 456 g/mol. The Morgan fingerprint density at radius 2 is 1.75 bits per heavy atom. The summed E-state index contributed by atoms with van der Waals surface area (Å²) in [5, 5.41) is 5.71. The van der Waals surface area contributed by atoms with E-state index in [-0.39, 0.29) is 23.8 Å². The molecule has 0 spiro atoms. The minimum atomic E-state index is -3.57. The molecule has 11 heteroatoms. The van der Waals surface area contributed by atoms with E-state index in [0.717, 1.165) is 5.56 Å². The molecular formula is C21H25ClN4O5S. The summed E-state index contributed by atoms with van der Waals surface area (Å²) in [6.07, 6.45) is -0.0594. The van der Waals surface area contributed by atoms with Gasteiger partial charge in [-0.15, -0.1) is 0 Å². The van der Waals surface area contributed by atoms with Gasteiger partial charge < -0.3 is 21.1 Å². The van der Waals surface area contributed by atoms with Crippen molar-refractivity contribution in [2.75, 3.05) is 26.3 Å². The second kappa shape index (κ2) is 10.8. The van der Waals surface area contributed by atoms with Gasteiger partial charge in [0.2, 0.25) is 15.9 Å². The summed E-state index contributed by atoms with van der Waals surface area (Å²) in [6, 6.07) is 11.8. The second-order valence-electron chi connectivity index (χ2n) is 7.22. The van der Waals surface area contributed by atoms with Crippen LogP contribution in [0.1, 0.15) is 23.6 Å². The van der Waals surface area contributed by atoms with Gasteiger partial charge in [-0.25, -0.2) is 13.2 Å². The Morgan fingerprint density at radius 3 is 2.38 bits per heavy atom. The predicted molar refractivity (Wildman–Crippen MR) is 119 cm³/mol. The number of urea groups is 1. The third kappa shape index (κ3) is 6.19. The number of primary amides is 1. The van der Waals surface area contributed by atoms with Crippen molar-refractivity contribution in [1.82, 2.24) is 14.9 Å². The number of nitrogens with two attached hydrogens (primary N) is 1. The van der Waals surface area contributed by atoms with Crippen LogP contribution in [0.3, 0.4) is 0 Å². The van der Waals surface area contributed by atoms with Crippen molar-refractivity contribution in [1.29, 1.82) is 0 Å². The molecule has 172 valence electrons. The lowest BCUT2D eigenvalue weighted by Gasteiger charge is -2.26. The van der Waals surface area contributed by atoms with E-state index in [4.69, 9.17) is 22.1 Å². The Hall–Kier alpha value is -2.66. The van der Waals surface area contributed by atoms with Gasteiger partial charge in [0, 0.05) is 24.7 Å². The van der Waals surface area contributed by atoms with Gasteiger partial charge in [-0.1, -0.05) is 41.9 Å². The molecule has 0 aromatic heterocycles. The van der Waals surface area contributed by atoms with Crippen LogP contribution in [0.5, 0.6) is 0 Å². The van der Waals surface area contributed by atoms with E-state index in [2.05, 4.69) is 10.6 Å². The Kier molecular flexibility index (Phi) is 8.08. The first-order valence-corrected chi connectivity index (χ1v) is 11.8. The molecule has 2 aromatic rings. The van der Waals surface area contributed by atoms with Crippen molar-refractivity contribution < 1.29 is 22.7 Å². The highest BCUT2D eigenvalue weighted by Crippen LogP contribution is 2.25. The smallest absolute Gasteiger partial charge is 0.312 e. The number of rotatable bonds is 8. The lowest BCUT2D eigenvalue weighted by atomic mass is 10.0. The van der Waals surface area contributed by atoms with Crippen LogP contribution in [0.25, 0.3) is 0 Å². The van der Waals surface area contributed by atoms with Gasteiger partial charge in [-0.3, -0.25) is 4.79 Å². The average molecular weight is 481 g/mol. The van der Waals surface area contributed by atoms with Crippen LogP contribution < -0.4 is 16.4 Å². The molecule has 3 rings (SSSR count). The number of amides is 3. The summed E-state index contributed by atoms with van der Waals surface area (Å²) >= 11 is 6.18. The predicted octanol–water partition coefficient (Wildman–Crippen LogP) is 1.78. The van der Waals surface area contributed by atoms with Crippen molar-refractivity contribution in [2.45, 2.75) is 23.9 Å². The van der Waals surface area contributed by atoms with Gasteiger partial charge in [0.1, 0.15) is 0 Å². The Bertz CT molecular complexity index is 1060. The largest absolute Gasteiger partial charge is 0.379 e. The number of nitrogens with zero attached hydrogens (tertiary/aromatic N) is 1. The van der Waals surface area contributed by atoms with Gasteiger partial charge in [0.25, 0.3) is 0 Å².